The molecule has 0 spiro atoms. The quantitative estimate of drug-likeness (QED) is 0.928. The van der Waals surface area contributed by atoms with Crippen molar-refractivity contribution >= 4 is 5.91 Å². The molecule has 1 amide bonds. The Morgan fingerprint density at radius 2 is 2.05 bits per heavy atom. The van der Waals surface area contributed by atoms with E-state index in [1.54, 1.807) is 0 Å². The smallest absolute Gasteiger partial charge is 0.273 e. The van der Waals surface area contributed by atoms with Crippen molar-refractivity contribution in [2.24, 2.45) is 5.92 Å². The molecule has 1 saturated heterocycles. The Hall–Kier alpha value is -1.36. The van der Waals surface area contributed by atoms with Gasteiger partial charge in [0.1, 0.15) is 5.76 Å². The zero-order valence-electron chi connectivity index (χ0n) is 13.3. The highest BCUT2D eigenvalue weighted by molar-refractivity contribution is 5.92. The Kier molecular flexibility index (Phi) is 3.68. The molecule has 5 heteroatoms. The normalized spacial score (nSPS) is 30.0. The fourth-order valence-corrected chi connectivity index (χ4v) is 3.97. The fourth-order valence-electron chi connectivity index (χ4n) is 3.97. The van der Waals surface area contributed by atoms with Crippen LogP contribution in [0, 0.1) is 5.92 Å². The van der Waals surface area contributed by atoms with Crippen LogP contribution in [0.25, 0.3) is 0 Å². The molecule has 2 heterocycles. The highest BCUT2D eigenvalue weighted by Gasteiger charge is 2.39. The zero-order valence-corrected chi connectivity index (χ0v) is 13.3. The molecule has 2 atom stereocenters. The molecule has 0 aromatic carbocycles. The van der Waals surface area contributed by atoms with Crippen LogP contribution in [0.15, 0.2) is 10.6 Å². The minimum Gasteiger partial charge on any atom is -0.360 e. The van der Waals surface area contributed by atoms with Crippen molar-refractivity contribution in [3.63, 3.8) is 0 Å². The van der Waals surface area contributed by atoms with E-state index >= 15 is 0 Å². The van der Waals surface area contributed by atoms with Crippen LogP contribution in [0.2, 0.25) is 0 Å². The second kappa shape index (κ2) is 5.69. The maximum atomic E-state index is 12.4. The highest BCUT2D eigenvalue weighted by Crippen LogP contribution is 2.34. The summed E-state index contributed by atoms with van der Waals surface area (Å²) in [5, 5.41) is 7.15. The molecule has 22 heavy (non-hydrogen) atoms. The molecule has 120 valence electrons. The van der Waals surface area contributed by atoms with Crippen LogP contribution < -0.4 is 5.32 Å². The Bertz CT molecular complexity index is 546. The molecule has 1 aliphatic heterocycles. The maximum Gasteiger partial charge on any atom is 0.273 e. The lowest BCUT2D eigenvalue weighted by Crippen LogP contribution is -2.40. The fraction of sp³-hybridized carbons (Fsp3) is 0.765. The van der Waals surface area contributed by atoms with E-state index in [4.69, 9.17) is 4.52 Å². The number of carbonyl (C=O) groups is 1. The summed E-state index contributed by atoms with van der Waals surface area (Å²) in [5.41, 5.74) is 0.443. The van der Waals surface area contributed by atoms with E-state index in [0.717, 1.165) is 37.7 Å². The molecule has 3 fully saturated rings. The van der Waals surface area contributed by atoms with E-state index < -0.39 is 0 Å². The molecule has 5 nitrogen and oxygen atoms in total. The average molecular weight is 303 g/mol. The van der Waals surface area contributed by atoms with Crippen molar-refractivity contribution in [3.05, 3.63) is 17.5 Å². The molecule has 2 saturated carbocycles. The van der Waals surface area contributed by atoms with Gasteiger partial charge in [0.15, 0.2) is 5.69 Å². The van der Waals surface area contributed by atoms with Crippen LogP contribution in [0.4, 0.5) is 0 Å². The van der Waals surface area contributed by atoms with E-state index in [1.807, 2.05) is 6.07 Å². The topological polar surface area (TPSA) is 58.4 Å². The molecule has 4 rings (SSSR count). The summed E-state index contributed by atoms with van der Waals surface area (Å²) >= 11 is 0. The number of aromatic nitrogens is 1. The standard InChI is InChI=1S/C17H25N3O2/c1-11-9-20(13-6-7-13)10-15(11)18-17(21)14-8-16(22-19-14)12-4-2-3-5-12/h8,11-13,15H,2-7,9-10H2,1H3,(H,18,21)/t11?,15-/m1/s1. The molecule has 0 radical (unpaired) electrons. The van der Waals surface area contributed by atoms with Gasteiger partial charge in [-0.05, 0) is 31.6 Å². The van der Waals surface area contributed by atoms with Gasteiger partial charge in [-0.2, -0.15) is 0 Å². The predicted octanol–water partition coefficient (Wildman–Crippen LogP) is 2.54. The Morgan fingerprint density at radius 3 is 2.77 bits per heavy atom. The minimum atomic E-state index is -0.0810. The number of amides is 1. The third-order valence-electron chi connectivity index (χ3n) is 5.54. The summed E-state index contributed by atoms with van der Waals surface area (Å²) in [5.74, 6) is 1.78. The van der Waals surface area contributed by atoms with Crippen molar-refractivity contribution in [3.8, 4) is 0 Å². The van der Waals surface area contributed by atoms with Crippen LogP contribution in [-0.4, -0.2) is 41.1 Å². The second-order valence-corrected chi connectivity index (χ2v) is 7.34. The zero-order chi connectivity index (χ0) is 15.1. The summed E-state index contributed by atoms with van der Waals surface area (Å²) in [4.78, 5) is 14.9. The number of carbonyl (C=O) groups excluding carboxylic acids is 1. The summed E-state index contributed by atoms with van der Waals surface area (Å²) in [6.07, 6.45) is 7.47. The van der Waals surface area contributed by atoms with Crippen molar-refractivity contribution in [1.82, 2.24) is 15.4 Å². The summed E-state index contributed by atoms with van der Waals surface area (Å²) in [7, 11) is 0. The Balaban J connectivity index is 1.37. The monoisotopic (exact) mass is 303 g/mol. The van der Waals surface area contributed by atoms with Crippen LogP contribution >= 0.6 is 0 Å². The second-order valence-electron chi connectivity index (χ2n) is 7.34. The SMILES string of the molecule is CC1CN(C2CC2)C[C@H]1NC(=O)c1cc(C2CCCC2)on1. The van der Waals surface area contributed by atoms with Gasteiger partial charge in [-0.25, -0.2) is 0 Å². The molecule has 0 bridgehead atoms. The van der Waals surface area contributed by atoms with Gasteiger partial charge < -0.3 is 9.84 Å². The lowest BCUT2D eigenvalue weighted by molar-refractivity contribution is 0.0922. The summed E-state index contributed by atoms with van der Waals surface area (Å²) < 4.78 is 5.41. The first kappa shape index (κ1) is 14.2. The van der Waals surface area contributed by atoms with Crippen molar-refractivity contribution in [1.29, 1.82) is 0 Å². The van der Waals surface area contributed by atoms with Crippen LogP contribution in [0.5, 0.6) is 0 Å². The van der Waals surface area contributed by atoms with Crippen molar-refractivity contribution < 1.29 is 9.32 Å². The van der Waals surface area contributed by atoms with E-state index in [9.17, 15) is 4.79 Å². The molecule has 1 N–H and O–H groups in total. The van der Waals surface area contributed by atoms with Crippen LogP contribution in [-0.2, 0) is 0 Å². The molecular formula is C17H25N3O2. The van der Waals surface area contributed by atoms with Gasteiger partial charge in [-0.1, -0.05) is 24.9 Å². The third kappa shape index (κ3) is 2.78. The molecular weight excluding hydrogens is 278 g/mol. The van der Waals surface area contributed by atoms with E-state index in [2.05, 4.69) is 22.3 Å². The van der Waals surface area contributed by atoms with Gasteiger partial charge in [0.25, 0.3) is 5.91 Å². The first-order valence-electron chi connectivity index (χ1n) is 8.72. The maximum absolute atomic E-state index is 12.4. The minimum absolute atomic E-state index is 0.0810. The van der Waals surface area contributed by atoms with Crippen LogP contribution in [0.3, 0.4) is 0 Å². The third-order valence-corrected chi connectivity index (χ3v) is 5.54. The number of likely N-dealkylation sites (tertiary alicyclic amines) is 1. The van der Waals surface area contributed by atoms with Crippen molar-refractivity contribution in [2.45, 2.75) is 63.5 Å². The highest BCUT2D eigenvalue weighted by atomic mass is 16.5. The predicted molar refractivity (Wildman–Crippen MR) is 82.7 cm³/mol. The molecule has 3 aliphatic rings. The van der Waals surface area contributed by atoms with Gasteiger partial charge in [0.05, 0.1) is 0 Å². The van der Waals surface area contributed by atoms with E-state index in [0.29, 0.717) is 17.5 Å². The number of hydrogen-bond acceptors (Lipinski definition) is 4. The number of nitrogens with one attached hydrogen (secondary N) is 1. The van der Waals surface area contributed by atoms with E-state index in [-0.39, 0.29) is 11.9 Å². The number of nitrogens with zero attached hydrogens (tertiary/aromatic N) is 2. The molecule has 2 aliphatic carbocycles. The van der Waals surface area contributed by atoms with E-state index in [1.165, 1.54) is 25.7 Å². The Morgan fingerprint density at radius 1 is 1.27 bits per heavy atom. The number of rotatable bonds is 4. The Labute approximate surface area is 131 Å². The number of hydrogen-bond donors (Lipinski definition) is 1. The first-order chi connectivity index (χ1) is 10.7. The summed E-state index contributed by atoms with van der Waals surface area (Å²) in [6, 6.07) is 2.86. The van der Waals surface area contributed by atoms with Gasteiger partial charge in [0.2, 0.25) is 0 Å². The van der Waals surface area contributed by atoms with Gasteiger partial charge in [-0.15, -0.1) is 0 Å². The lowest BCUT2D eigenvalue weighted by Gasteiger charge is -2.16. The average Bonchev–Trinajstić information content (AvgIpc) is 2.94. The molecule has 1 aromatic heterocycles. The molecule has 1 aromatic rings. The summed E-state index contributed by atoms with van der Waals surface area (Å²) in [6.45, 7) is 4.30. The largest absolute Gasteiger partial charge is 0.360 e. The van der Waals surface area contributed by atoms with Gasteiger partial charge in [0, 0.05) is 37.2 Å². The van der Waals surface area contributed by atoms with Crippen molar-refractivity contribution in [2.75, 3.05) is 13.1 Å². The van der Waals surface area contributed by atoms with Gasteiger partial charge in [-0.3, -0.25) is 9.69 Å². The first-order valence-corrected chi connectivity index (χ1v) is 8.72. The van der Waals surface area contributed by atoms with Crippen LogP contribution in [0.1, 0.15) is 67.6 Å². The molecule has 1 unspecified atom stereocenters. The van der Waals surface area contributed by atoms with Gasteiger partial charge >= 0.3 is 0 Å². The lowest BCUT2D eigenvalue weighted by atomic mass is 10.0.